The van der Waals surface area contributed by atoms with E-state index < -0.39 is 21.9 Å². The Kier molecular flexibility index (Phi) is 6.45. The second-order valence-corrected chi connectivity index (χ2v) is 9.12. The predicted octanol–water partition coefficient (Wildman–Crippen LogP) is 2.94. The molecule has 0 atom stereocenters. The van der Waals surface area contributed by atoms with Gasteiger partial charge in [-0.1, -0.05) is 18.6 Å². The van der Waals surface area contributed by atoms with Gasteiger partial charge in [0.25, 0.3) is 10.2 Å². The number of hydrogen-bond donors (Lipinski definition) is 0. The molecule has 27 heavy (non-hydrogen) atoms. The molecule has 2 fully saturated rings. The lowest BCUT2D eigenvalue weighted by Gasteiger charge is -2.31. The van der Waals surface area contributed by atoms with E-state index in [0.29, 0.717) is 45.7 Å². The molecule has 0 amide bonds. The molecular formula is C18H26F3N3O2S. The van der Waals surface area contributed by atoms with E-state index in [9.17, 15) is 21.6 Å². The van der Waals surface area contributed by atoms with Gasteiger partial charge in [-0.05, 0) is 43.5 Å². The second kappa shape index (κ2) is 8.46. The summed E-state index contributed by atoms with van der Waals surface area (Å²) in [7, 11) is -3.41. The molecule has 2 heterocycles. The first-order valence-electron chi connectivity index (χ1n) is 9.40. The van der Waals surface area contributed by atoms with Gasteiger partial charge in [-0.2, -0.15) is 30.2 Å². The molecule has 2 aliphatic heterocycles. The molecule has 1 aromatic carbocycles. The van der Waals surface area contributed by atoms with Crippen molar-refractivity contribution < 1.29 is 21.6 Å². The van der Waals surface area contributed by atoms with Crippen molar-refractivity contribution in [1.82, 2.24) is 13.5 Å². The molecular weight excluding hydrogens is 379 g/mol. The van der Waals surface area contributed by atoms with E-state index in [-0.39, 0.29) is 0 Å². The quantitative estimate of drug-likeness (QED) is 0.774. The predicted molar refractivity (Wildman–Crippen MR) is 97.3 cm³/mol. The summed E-state index contributed by atoms with van der Waals surface area (Å²) in [5.41, 5.74) is 0.149. The average molecular weight is 405 g/mol. The molecule has 2 aliphatic rings. The van der Waals surface area contributed by atoms with Crippen LogP contribution in [0.5, 0.6) is 0 Å². The van der Waals surface area contributed by atoms with Crippen LogP contribution in [0.3, 0.4) is 0 Å². The number of alkyl halides is 3. The van der Waals surface area contributed by atoms with E-state index in [1.807, 2.05) is 0 Å². The SMILES string of the molecule is O=S(=O)(N1CCCCC1)N1CCCN(Cc2ccc(C(F)(F)F)cc2)CC1. The molecule has 2 saturated heterocycles. The first-order chi connectivity index (χ1) is 12.8. The van der Waals surface area contributed by atoms with Gasteiger partial charge in [-0.3, -0.25) is 4.90 Å². The Morgan fingerprint density at radius 2 is 1.37 bits per heavy atom. The Hall–Kier alpha value is -1.16. The summed E-state index contributed by atoms with van der Waals surface area (Å²) in [5, 5.41) is 0. The third-order valence-electron chi connectivity index (χ3n) is 5.20. The molecule has 0 aromatic heterocycles. The Balaban J connectivity index is 1.58. The molecule has 0 aliphatic carbocycles. The third kappa shape index (κ3) is 5.22. The zero-order valence-electron chi connectivity index (χ0n) is 15.3. The molecule has 3 rings (SSSR count). The summed E-state index contributed by atoms with van der Waals surface area (Å²) >= 11 is 0. The highest BCUT2D eigenvalue weighted by Crippen LogP contribution is 2.29. The maximum atomic E-state index is 12.8. The summed E-state index contributed by atoms with van der Waals surface area (Å²) in [4.78, 5) is 2.11. The van der Waals surface area contributed by atoms with Gasteiger partial charge in [0.2, 0.25) is 0 Å². The van der Waals surface area contributed by atoms with E-state index >= 15 is 0 Å². The fourth-order valence-corrected chi connectivity index (χ4v) is 5.37. The highest BCUT2D eigenvalue weighted by Gasteiger charge is 2.32. The van der Waals surface area contributed by atoms with Gasteiger partial charge in [0, 0.05) is 39.3 Å². The van der Waals surface area contributed by atoms with Gasteiger partial charge in [-0.15, -0.1) is 0 Å². The normalized spacial score (nSPS) is 21.9. The van der Waals surface area contributed by atoms with Crippen LogP contribution >= 0.6 is 0 Å². The number of benzene rings is 1. The van der Waals surface area contributed by atoms with Crippen molar-refractivity contribution in [2.24, 2.45) is 0 Å². The maximum absolute atomic E-state index is 12.8. The van der Waals surface area contributed by atoms with Crippen molar-refractivity contribution in [2.75, 3.05) is 39.3 Å². The Morgan fingerprint density at radius 1 is 0.778 bits per heavy atom. The summed E-state index contributed by atoms with van der Waals surface area (Å²) in [6, 6.07) is 5.19. The zero-order chi connectivity index (χ0) is 19.5. The van der Waals surface area contributed by atoms with E-state index in [1.165, 1.54) is 12.1 Å². The number of piperidine rings is 1. The molecule has 1 aromatic rings. The third-order valence-corrected chi connectivity index (χ3v) is 7.24. The van der Waals surface area contributed by atoms with Gasteiger partial charge in [0.1, 0.15) is 0 Å². The van der Waals surface area contributed by atoms with Crippen molar-refractivity contribution in [2.45, 2.75) is 38.4 Å². The highest BCUT2D eigenvalue weighted by molar-refractivity contribution is 7.86. The van der Waals surface area contributed by atoms with Crippen LogP contribution in [-0.4, -0.2) is 61.2 Å². The molecule has 0 spiro atoms. The van der Waals surface area contributed by atoms with E-state index in [2.05, 4.69) is 4.90 Å². The largest absolute Gasteiger partial charge is 0.416 e. The number of halogens is 3. The van der Waals surface area contributed by atoms with Crippen molar-refractivity contribution in [3.63, 3.8) is 0 Å². The number of rotatable bonds is 4. The lowest BCUT2D eigenvalue weighted by atomic mass is 10.1. The fraction of sp³-hybridized carbons (Fsp3) is 0.667. The first kappa shape index (κ1) is 20.6. The van der Waals surface area contributed by atoms with Crippen molar-refractivity contribution in [3.05, 3.63) is 35.4 Å². The Bertz CT molecular complexity index is 716. The summed E-state index contributed by atoms with van der Waals surface area (Å²) in [6.45, 7) is 3.92. The summed E-state index contributed by atoms with van der Waals surface area (Å²) in [6.07, 6.45) is -0.717. The van der Waals surface area contributed by atoms with Crippen molar-refractivity contribution in [1.29, 1.82) is 0 Å². The molecule has 0 saturated carbocycles. The van der Waals surface area contributed by atoms with Gasteiger partial charge in [-0.25, -0.2) is 0 Å². The molecule has 0 N–H and O–H groups in total. The van der Waals surface area contributed by atoms with Gasteiger partial charge < -0.3 is 0 Å². The topological polar surface area (TPSA) is 43.9 Å². The molecule has 0 bridgehead atoms. The van der Waals surface area contributed by atoms with Crippen LogP contribution in [0.25, 0.3) is 0 Å². The lowest BCUT2D eigenvalue weighted by molar-refractivity contribution is -0.137. The van der Waals surface area contributed by atoms with Crippen LogP contribution in [0.1, 0.15) is 36.8 Å². The molecule has 0 radical (unpaired) electrons. The minimum atomic E-state index is -4.33. The monoisotopic (exact) mass is 405 g/mol. The fourth-order valence-electron chi connectivity index (χ4n) is 3.65. The zero-order valence-corrected chi connectivity index (χ0v) is 16.1. The van der Waals surface area contributed by atoms with Crippen LogP contribution in [0.15, 0.2) is 24.3 Å². The minimum absolute atomic E-state index is 0.416. The summed E-state index contributed by atoms with van der Waals surface area (Å²) in [5.74, 6) is 0. The van der Waals surface area contributed by atoms with Gasteiger partial charge in [0.15, 0.2) is 0 Å². The number of hydrogen-bond acceptors (Lipinski definition) is 3. The first-order valence-corrected chi connectivity index (χ1v) is 10.8. The average Bonchev–Trinajstić information content (AvgIpc) is 2.88. The van der Waals surface area contributed by atoms with E-state index in [4.69, 9.17) is 0 Å². The molecule has 152 valence electrons. The smallest absolute Gasteiger partial charge is 0.298 e. The van der Waals surface area contributed by atoms with Gasteiger partial charge in [0.05, 0.1) is 5.56 Å². The number of nitrogens with zero attached hydrogens (tertiary/aromatic N) is 3. The van der Waals surface area contributed by atoms with Crippen LogP contribution in [0, 0.1) is 0 Å². The Labute approximate surface area is 158 Å². The molecule has 5 nitrogen and oxygen atoms in total. The standard InChI is InChI=1S/C18H26F3N3O2S/c19-18(20,21)17-7-5-16(6-8-17)15-22-9-4-12-24(14-13-22)27(25,26)23-10-2-1-3-11-23/h5-8H,1-4,9-15H2. The van der Waals surface area contributed by atoms with Crippen LogP contribution in [0.2, 0.25) is 0 Å². The van der Waals surface area contributed by atoms with E-state index in [0.717, 1.165) is 43.5 Å². The Morgan fingerprint density at radius 3 is 2.00 bits per heavy atom. The van der Waals surface area contributed by atoms with Crippen LogP contribution in [0.4, 0.5) is 13.2 Å². The molecule has 0 unspecified atom stereocenters. The molecule has 9 heteroatoms. The second-order valence-electron chi connectivity index (χ2n) is 7.19. The van der Waals surface area contributed by atoms with Crippen molar-refractivity contribution in [3.8, 4) is 0 Å². The highest BCUT2D eigenvalue weighted by atomic mass is 32.2. The van der Waals surface area contributed by atoms with Crippen molar-refractivity contribution >= 4 is 10.2 Å². The van der Waals surface area contributed by atoms with E-state index in [1.54, 1.807) is 8.61 Å². The van der Waals surface area contributed by atoms with Gasteiger partial charge >= 0.3 is 6.18 Å². The van der Waals surface area contributed by atoms with Crippen LogP contribution in [-0.2, 0) is 22.9 Å². The minimum Gasteiger partial charge on any atom is -0.298 e. The lowest BCUT2D eigenvalue weighted by Crippen LogP contribution is -2.47. The maximum Gasteiger partial charge on any atom is 0.416 e. The summed E-state index contributed by atoms with van der Waals surface area (Å²) < 4.78 is 66.8. The van der Waals surface area contributed by atoms with Crippen LogP contribution < -0.4 is 0 Å².